The van der Waals surface area contributed by atoms with Crippen LogP contribution in [0.25, 0.3) is 0 Å². The van der Waals surface area contributed by atoms with Crippen molar-refractivity contribution in [1.82, 2.24) is 9.80 Å². The Balaban J connectivity index is 2.09. The number of carbonyl (C=O) groups excluding carboxylic acids is 2. The molecule has 0 spiro atoms. The van der Waals surface area contributed by atoms with E-state index in [0.29, 0.717) is 40.4 Å². The van der Waals surface area contributed by atoms with Gasteiger partial charge in [0, 0.05) is 25.0 Å². The fraction of sp³-hybridized carbons (Fsp3) is 0.316. The van der Waals surface area contributed by atoms with Gasteiger partial charge in [0.1, 0.15) is 15.6 Å². The lowest BCUT2D eigenvalue weighted by atomic mass is 10.3. The lowest BCUT2D eigenvalue weighted by molar-refractivity contribution is -0.137. The molecular formula is C19H21N3O3S2. The van der Waals surface area contributed by atoms with Crippen LogP contribution in [0.2, 0.25) is 0 Å². The molecule has 2 aliphatic rings. The molecule has 1 fully saturated rings. The van der Waals surface area contributed by atoms with E-state index in [2.05, 4.69) is 0 Å². The number of para-hydroxylation sites is 1. The Morgan fingerprint density at radius 1 is 1.15 bits per heavy atom. The first-order chi connectivity index (χ1) is 13.0. The number of thiocarbonyl (C=S) groups is 1. The number of amides is 1. The zero-order chi connectivity index (χ0) is 19.6. The van der Waals surface area contributed by atoms with Crippen LogP contribution in [-0.2, 0) is 14.3 Å². The molecule has 0 aromatic heterocycles. The zero-order valence-corrected chi connectivity index (χ0v) is 17.1. The third-order valence-corrected chi connectivity index (χ3v) is 5.70. The molecule has 27 heavy (non-hydrogen) atoms. The van der Waals surface area contributed by atoms with Gasteiger partial charge >= 0.3 is 5.97 Å². The summed E-state index contributed by atoms with van der Waals surface area (Å²) in [5.74, 6) is -0.547. The number of thioether (sulfide) groups is 1. The summed E-state index contributed by atoms with van der Waals surface area (Å²) in [5.41, 5.74) is 1.28. The zero-order valence-electron chi connectivity index (χ0n) is 15.5. The molecule has 0 saturated carbocycles. The van der Waals surface area contributed by atoms with Crippen LogP contribution in [0.3, 0.4) is 0 Å². The Kier molecular flexibility index (Phi) is 5.86. The van der Waals surface area contributed by atoms with Gasteiger partial charge < -0.3 is 9.64 Å². The van der Waals surface area contributed by atoms with Crippen LogP contribution < -0.4 is 4.90 Å². The summed E-state index contributed by atoms with van der Waals surface area (Å²) in [6.07, 6.45) is 1.74. The van der Waals surface area contributed by atoms with E-state index >= 15 is 0 Å². The molecule has 6 nitrogen and oxygen atoms in total. The fourth-order valence-corrected chi connectivity index (χ4v) is 4.43. The van der Waals surface area contributed by atoms with Crippen molar-refractivity contribution in [2.24, 2.45) is 0 Å². The summed E-state index contributed by atoms with van der Waals surface area (Å²) in [7, 11) is 0. The summed E-state index contributed by atoms with van der Waals surface area (Å²) >= 11 is 6.84. The monoisotopic (exact) mass is 403 g/mol. The molecule has 0 radical (unpaired) electrons. The van der Waals surface area contributed by atoms with Crippen molar-refractivity contribution >= 4 is 46.7 Å². The summed E-state index contributed by atoms with van der Waals surface area (Å²) in [4.78, 5) is 31.0. The average Bonchev–Trinajstić information content (AvgIpc) is 3.20. The highest BCUT2D eigenvalue weighted by Crippen LogP contribution is 2.42. The van der Waals surface area contributed by atoms with E-state index in [9.17, 15) is 9.59 Å². The van der Waals surface area contributed by atoms with Gasteiger partial charge in [-0.15, -0.1) is 0 Å². The maximum Gasteiger partial charge on any atom is 0.346 e. The second-order valence-electron chi connectivity index (χ2n) is 5.76. The van der Waals surface area contributed by atoms with E-state index in [0.717, 1.165) is 5.69 Å². The molecular weight excluding hydrogens is 382 g/mol. The molecule has 0 bridgehead atoms. The molecule has 0 aliphatic carbocycles. The highest BCUT2D eigenvalue weighted by Gasteiger charge is 2.43. The summed E-state index contributed by atoms with van der Waals surface area (Å²) in [6, 6.07) is 9.55. The van der Waals surface area contributed by atoms with Gasteiger partial charge in [-0.2, -0.15) is 0 Å². The normalized spacial score (nSPS) is 19.8. The second kappa shape index (κ2) is 8.14. The number of carbonyl (C=O) groups is 2. The molecule has 0 unspecified atom stereocenters. The third-order valence-electron chi connectivity index (χ3n) is 4.18. The predicted octanol–water partition coefficient (Wildman–Crippen LogP) is 3.28. The van der Waals surface area contributed by atoms with Crippen molar-refractivity contribution < 1.29 is 14.3 Å². The van der Waals surface area contributed by atoms with E-state index in [1.54, 1.807) is 22.9 Å². The van der Waals surface area contributed by atoms with Gasteiger partial charge in [-0.25, -0.2) is 4.79 Å². The summed E-state index contributed by atoms with van der Waals surface area (Å²) in [5, 5.41) is 1.13. The maximum absolute atomic E-state index is 13.1. The molecule has 0 N–H and O–H groups in total. The van der Waals surface area contributed by atoms with Crippen molar-refractivity contribution in [3.63, 3.8) is 0 Å². The quantitative estimate of drug-likeness (QED) is 0.425. The molecule has 8 heteroatoms. The molecule has 0 atom stereocenters. The first kappa shape index (κ1) is 19.4. The van der Waals surface area contributed by atoms with Crippen LogP contribution in [-0.4, -0.2) is 46.5 Å². The van der Waals surface area contributed by atoms with E-state index in [4.69, 9.17) is 17.0 Å². The standard InChI is InChI=1S/C19H21N3O3S2/c1-4-20-12-14(18(24)25-6-3)27-17(20)15-16(23)21(5-2)19(26)22(15)13-10-8-7-9-11-13/h7-12H,4-6H2,1-3H3. The Bertz CT molecular complexity index is 836. The van der Waals surface area contributed by atoms with Crippen LogP contribution in [0.15, 0.2) is 52.2 Å². The number of hydrogen-bond acceptors (Lipinski definition) is 6. The van der Waals surface area contributed by atoms with Crippen molar-refractivity contribution in [3.8, 4) is 0 Å². The average molecular weight is 404 g/mol. The van der Waals surface area contributed by atoms with Crippen LogP contribution in [0.5, 0.6) is 0 Å². The largest absolute Gasteiger partial charge is 0.462 e. The third kappa shape index (κ3) is 3.46. The first-order valence-electron chi connectivity index (χ1n) is 8.82. The summed E-state index contributed by atoms with van der Waals surface area (Å²) in [6.45, 7) is 7.02. The highest BCUT2D eigenvalue weighted by atomic mass is 32.2. The van der Waals surface area contributed by atoms with Gasteiger partial charge in [0.2, 0.25) is 0 Å². The smallest absolute Gasteiger partial charge is 0.346 e. The van der Waals surface area contributed by atoms with E-state index in [1.807, 2.05) is 49.1 Å². The lowest BCUT2D eigenvalue weighted by Gasteiger charge is -2.23. The number of esters is 1. The van der Waals surface area contributed by atoms with Crippen LogP contribution in [0, 0.1) is 0 Å². The van der Waals surface area contributed by atoms with Gasteiger partial charge in [0.05, 0.1) is 6.61 Å². The van der Waals surface area contributed by atoms with Crippen molar-refractivity contribution in [3.05, 3.63) is 52.2 Å². The highest BCUT2D eigenvalue weighted by molar-refractivity contribution is 8.07. The molecule has 1 aromatic carbocycles. The van der Waals surface area contributed by atoms with Crippen LogP contribution in [0.1, 0.15) is 20.8 Å². The minimum absolute atomic E-state index is 0.161. The van der Waals surface area contributed by atoms with Crippen LogP contribution in [0.4, 0.5) is 5.69 Å². The number of nitrogens with zero attached hydrogens (tertiary/aromatic N) is 3. The topological polar surface area (TPSA) is 53.1 Å². The van der Waals surface area contributed by atoms with Gasteiger partial charge in [-0.1, -0.05) is 30.0 Å². The molecule has 2 aliphatic heterocycles. The Labute approximate surface area is 168 Å². The van der Waals surface area contributed by atoms with E-state index in [-0.39, 0.29) is 11.9 Å². The maximum atomic E-state index is 13.1. The Morgan fingerprint density at radius 3 is 2.44 bits per heavy atom. The molecule has 1 saturated heterocycles. The number of benzene rings is 1. The van der Waals surface area contributed by atoms with Gasteiger partial charge in [-0.05, 0) is 45.1 Å². The van der Waals surface area contributed by atoms with Gasteiger partial charge in [-0.3, -0.25) is 14.6 Å². The Morgan fingerprint density at radius 2 is 1.85 bits per heavy atom. The minimum atomic E-state index is -0.386. The molecule has 3 rings (SSSR count). The molecule has 2 heterocycles. The Hall–Kier alpha value is -2.32. The van der Waals surface area contributed by atoms with Crippen molar-refractivity contribution in [2.45, 2.75) is 20.8 Å². The van der Waals surface area contributed by atoms with Gasteiger partial charge in [0.25, 0.3) is 5.91 Å². The SMILES string of the molecule is CCOC(=O)C1=CN(CC)C(=C2C(=O)N(CC)C(=S)N2c2ccccc2)S1. The number of anilines is 1. The van der Waals surface area contributed by atoms with E-state index in [1.165, 1.54) is 11.8 Å². The molecule has 1 amide bonds. The minimum Gasteiger partial charge on any atom is -0.462 e. The van der Waals surface area contributed by atoms with Crippen LogP contribution >= 0.6 is 24.0 Å². The first-order valence-corrected chi connectivity index (χ1v) is 10.0. The number of rotatable bonds is 5. The molecule has 1 aromatic rings. The fourth-order valence-electron chi connectivity index (χ4n) is 2.91. The predicted molar refractivity (Wildman–Crippen MR) is 111 cm³/mol. The summed E-state index contributed by atoms with van der Waals surface area (Å²) < 4.78 is 5.12. The molecule has 142 valence electrons. The lowest BCUT2D eigenvalue weighted by Crippen LogP contribution is -2.32. The second-order valence-corrected chi connectivity index (χ2v) is 7.15. The van der Waals surface area contributed by atoms with E-state index < -0.39 is 0 Å². The number of ether oxygens (including phenoxy) is 1. The van der Waals surface area contributed by atoms with Crippen molar-refractivity contribution in [1.29, 1.82) is 0 Å². The van der Waals surface area contributed by atoms with Gasteiger partial charge in [0.15, 0.2) is 5.11 Å². The number of likely N-dealkylation sites (N-methyl/N-ethyl adjacent to an activating group) is 1. The van der Waals surface area contributed by atoms with Crippen molar-refractivity contribution in [2.75, 3.05) is 24.6 Å². The number of hydrogen-bond donors (Lipinski definition) is 0.